The SMILES string of the molecule is Cc1ccc(/N=N/c2ccccc2)c(C23CC(CC2I)C2CCCC23)c1. The van der Waals surface area contributed by atoms with Crippen molar-refractivity contribution in [3.8, 4) is 0 Å². The van der Waals surface area contributed by atoms with Gasteiger partial charge in [-0.15, -0.1) is 0 Å². The van der Waals surface area contributed by atoms with Gasteiger partial charge in [-0.2, -0.15) is 10.2 Å². The molecule has 0 heterocycles. The highest BCUT2D eigenvalue weighted by Crippen LogP contribution is 2.69. The van der Waals surface area contributed by atoms with Crippen LogP contribution in [-0.4, -0.2) is 3.92 Å². The fourth-order valence-corrected chi connectivity index (χ4v) is 7.92. The van der Waals surface area contributed by atoms with E-state index in [4.69, 9.17) is 5.11 Å². The van der Waals surface area contributed by atoms with Crippen molar-refractivity contribution in [2.24, 2.45) is 28.0 Å². The Morgan fingerprint density at radius 1 is 1.04 bits per heavy atom. The van der Waals surface area contributed by atoms with Crippen molar-refractivity contribution < 1.29 is 0 Å². The van der Waals surface area contributed by atoms with Crippen LogP contribution in [0.4, 0.5) is 11.4 Å². The Bertz CT molecular complexity index is 847. The smallest absolute Gasteiger partial charge is 0.0895 e. The first-order valence-corrected chi connectivity index (χ1v) is 11.1. The van der Waals surface area contributed by atoms with Crippen LogP contribution < -0.4 is 0 Å². The van der Waals surface area contributed by atoms with Gasteiger partial charge in [-0.05, 0) is 74.1 Å². The number of rotatable bonds is 3. The Kier molecular flexibility index (Phi) is 4.18. The summed E-state index contributed by atoms with van der Waals surface area (Å²) in [4.78, 5) is 0. The minimum Gasteiger partial charge on any atom is -0.151 e. The Balaban J connectivity index is 1.60. The zero-order valence-corrected chi connectivity index (χ0v) is 17.4. The van der Waals surface area contributed by atoms with E-state index in [1.807, 2.05) is 30.3 Å². The van der Waals surface area contributed by atoms with Gasteiger partial charge in [0.25, 0.3) is 0 Å². The lowest BCUT2D eigenvalue weighted by Gasteiger charge is -2.41. The lowest BCUT2D eigenvalue weighted by Crippen LogP contribution is -2.40. The van der Waals surface area contributed by atoms with E-state index in [1.54, 1.807) is 0 Å². The minimum absolute atomic E-state index is 0.323. The topological polar surface area (TPSA) is 24.7 Å². The summed E-state index contributed by atoms with van der Waals surface area (Å²) in [5, 5.41) is 9.29. The number of hydrogen-bond donors (Lipinski definition) is 0. The lowest BCUT2D eigenvalue weighted by atomic mass is 9.67. The van der Waals surface area contributed by atoms with Crippen LogP contribution in [0, 0.1) is 24.7 Å². The number of hydrogen-bond acceptors (Lipinski definition) is 2. The highest BCUT2D eigenvalue weighted by atomic mass is 127. The highest BCUT2D eigenvalue weighted by molar-refractivity contribution is 14.1. The van der Waals surface area contributed by atoms with Crippen molar-refractivity contribution >= 4 is 34.0 Å². The molecular formula is C23H25IN2. The monoisotopic (exact) mass is 456 g/mol. The van der Waals surface area contributed by atoms with E-state index in [0.29, 0.717) is 5.41 Å². The maximum absolute atomic E-state index is 4.74. The summed E-state index contributed by atoms with van der Waals surface area (Å²) in [5.41, 5.74) is 5.17. The first kappa shape index (κ1) is 16.9. The zero-order chi connectivity index (χ0) is 17.7. The Labute approximate surface area is 169 Å². The Morgan fingerprint density at radius 3 is 2.73 bits per heavy atom. The largest absolute Gasteiger partial charge is 0.151 e. The van der Waals surface area contributed by atoms with Gasteiger partial charge in [0, 0.05) is 9.34 Å². The van der Waals surface area contributed by atoms with Crippen LogP contribution in [-0.2, 0) is 5.41 Å². The van der Waals surface area contributed by atoms with Gasteiger partial charge >= 0.3 is 0 Å². The van der Waals surface area contributed by atoms with E-state index >= 15 is 0 Å². The van der Waals surface area contributed by atoms with Gasteiger partial charge in [0.1, 0.15) is 0 Å². The third kappa shape index (κ3) is 2.49. The molecule has 5 rings (SSSR count). The third-order valence-corrected chi connectivity index (χ3v) is 8.81. The fourth-order valence-electron chi connectivity index (χ4n) is 6.22. The number of aryl methyl sites for hydroxylation is 1. The molecule has 0 radical (unpaired) electrons. The first-order valence-electron chi connectivity index (χ1n) is 9.90. The Hall–Kier alpha value is -1.23. The van der Waals surface area contributed by atoms with Crippen molar-refractivity contribution in [1.29, 1.82) is 0 Å². The zero-order valence-electron chi connectivity index (χ0n) is 15.2. The molecule has 2 bridgehead atoms. The molecule has 0 spiro atoms. The van der Waals surface area contributed by atoms with Crippen LogP contribution in [0.25, 0.3) is 0 Å². The van der Waals surface area contributed by atoms with Crippen molar-refractivity contribution in [3.05, 3.63) is 59.7 Å². The Morgan fingerprint density at radius 2 is 1.88 bits per heavy atom. The molecule has 3 aliphatic rings. The summed E-state index contributed by atoms with van der Waals surface area (Å²) < 4.78 is 0.733. The first-order chi connectivity index (χ1) is 12.7. The summed E-state index contributed by atoms with van der Waals surface area (Å²) in [5.74, 6) is 2.75. The molecule has 0 amide bonds. The van der Waals surface area contributed by atoms with Gasteiger partial charge in [-0.1, -0.05) is 64.9 Å². The van der Waals surface area contributed by atoms with Crippen molar-refractivity contribution in [2.45, 2.75) is 48.4 Å². The molecule has 0 aliphatic heterocycles. The summed E-state index contributed by atoms with van der Waals surface area (Å²) in [6.45, 7) is 2.22. The summed E-state index contributed by atoms with van der Waals surface area (Å²) >= 11 is 2.75. The van der Waals surface area contributed by atoms with Gasteiger partial charge < -0.3 is 0 Å². The van der Waals surface area contributed by atoms with Gasteiger partial charge in [0.05, 0.1) is 11.4 Å². The fraction of sp³-hybridized carbons (Fsp3) is 0.478. The maximum Gasteiger partial charge on any atom is 0.0895 e. The summed E-state index contributed by atoms with van der Waals surface area (Å²) in [6.07, 6.45) is 7.04. The number of alkyl halides is 1. The van der Waals surface area contributed by atoms with Crippen LogP contribution >= 0.6 is 22.6 Å². The molecule has 0 aromatic heterocycles. The van der Waals surface area contributed by atoms with E-state index in [9.17, 15) is 0 Å². The normalized spacial score (nSPS) is 35.3. The molecular weight excluding hydrogens is 431 g/mol. The average molecular weight is 456 g/mol. The second-order valence-electron chi connectivity index (χ2n) is 8.47. The van der Waals surface area contributed by atoms with Gasteiger partial charge in [0.2, 0.25) is 0 Å². The van der Waals surface area contributed by atoms with Crippen molar-refractivity contribution in [1.82, 2.24) is 0 Å². The van der Waals surface area contributed by atoms with Gasteiger partial charge in [-0.25, -0.2) is 0 Å². The second-order valence-corrected chi connectivity index (χ2v) is 9.97. The molecule has 2 nitrogen and oxygen atoms in total. The summed E-state index contributed by atoms with van der Waals surface area (Å²) in [6, 6.07) is 16.9. The summed E-state index contributed by atoms with van der Waals surface area (Å²) in [7, 11) is 0. The molecule has 3 saturated carbocycles. The molecule has 3 heteroatoms. The van der Waals surface area contributed by atoms with E-state index < -0.39 is 0 Å². The molecule has 2 aromatic rings. The van der Waals surface area contributed by atoms with E-state index in [0.717, 1.165) is 33.1 Å². The van der Waals surface area contributed by atoms with Crippen LogP contribution in [0.15, 0.2) is 58.8 Å². The van der Waals surface area contributed by atoms with Crippen LogP contribution in [0.2, 0.25) is 0 Å². The lowest BCUT2D eigenvalue weighted by molar-refractivity contribution is 0.239. The standard InChI is InChI=1S/C23H25IN2/c1-15-10-11-21(26-25-17-6-3-2-4-7-17)20(12-15)23-14-16(13-22(23)24)18-8-5-9-19(18)23/h2-4,6-7,10-12,16,18-19,22H,5,8-9,13-14H2,1H3/b26-25+. The van der Waals surface area contributed by atoms with Gasteiger partial charge in [-0.3, -0.25) is 0 Å². The number of nitrogens with zero attached hydrogens (tertiary/aromatic N) is 2. The van der Waals surface area contributed by atoms with E-state index in [1.165, 1.54) is 43.2 Å². The molecule has 5 atom stereocenters. The molecule has 134 valence electrons. The van der Waals surface area contributed by atoms with Crippen LogP contribution in [0.1, 0.15) is 43.2 Å². The van der Waals surface area contributed by atoms with Crippen LogP contribution in [0.5, 0.6) is 0 Å². The highest BCUT2D eigenvalue weighted by Gasteiger charge is 2.63. The predicted octanol–water partition coefficient (Wildman–Crippen LogP) is 7.29. The second kappa shape index (κ2) is 6.43. The molecule has 3 fully saturated rings. The molecule has 0 saturated heterocycles. The molecule has 26 heavy (non-hydrogen) atoms. The molecule has 2 aromatic carbocycles. The molecule has 3 aliphatic carbocycles. The number of azo groups is 1. The maximum atomic E-state index is 4.74. The van der Waals surface area contributed by atoms with Crippen molar-refractivity contribution in [3.63, 3.8) is 0 Å². The van der Waals surface area contributed by atoms with E-state index in [2.05, 4.69) is 52.8 Å². The minimum atomic E-state index is 0.323. The van der Waals surface area contributed by atoms with Gasteiger partial charge in [0.15, 0.2) is 0 Å². The predicted molar refractivity (Wildman–Crippen MR) is 115 cm³/mol. The molecule has 5 unspecified atom stereocenters. The molecule has 0 N–H and O–H groups in total. The third-order valence-electron chi connectivity index (χ3n) is 7.19. The number of benzene rings is 2. The average Bonchev–Trinajstić information content (AvgIpc) is 3.33. The quantitative estimate of drug-likeness (QED) is 0.263. The van der Waals surface area contributed by atoms with Crippen LogP contribution in [0.3, 0.4) is 0 Å². The van der Waals surface area contributed by atoms with E-state index in [-0.39, 0.29) is 0 Å². The number of fused-ring (bicyclic) bond motifs is 5. The van der Waals surface area contributed by atoms with Crippen molar-refractivity contribution in [2.75, 3.05) is 0 Å². The number of halogens is 1.